The van der Waals surface area contributed by atoms with Gasteiger partial charge in [0.15, 0.2) is 11.5 Å². The Morgan fingerprint density at radius 1 is 1.32 bits per heavy atom. The molecule has 130 valence electrons. The van der Waals surface area contributed by atoms with E-state index in [0.29, 0.717) is 16.5 Å². The van der Waals surface area contributed by atoms with Crippen LogP contribution in [0.5, 0.6) is 0 Å². The van der Waals surface area contributed by atoms with E-state index < -0.39 is 0 Å². The fraction of sp³-hybridized carbons (Fsp3) is 0.222. The molecular formula is C18H18ClN3O3. The lowest BCUT2D eigenvalue weighted by Gasteiger charge is -2.10. The lowest BCUT2D eigenvalue weighted by Crippen LogP contribution is -2.32. The van der Waals surface area contributed by atoms with Gasteiger partial charge in [-0.25, -0.2) is 0 Å². The van der Waals surface area contributed by atoms with Gasteiger partial charge in [-0.1, -0.05) is 35.8 Å². The molecule has 1 aromatic carbocycles. The molecule has 0 spiro atoms. The van der Waals surface area contributed by atoms with Crippen molar-refractivity contribution in [1.82, 2.24) is 10.5 Å². The first-order valence-corrected chi connectivity index (χ1v) is 8.29. The predicted molar refractivity (Wildman–Crippen MR) is 96.3 cm³/mol. The molecule has 0 aliphatic carbocycles. The standard InChI is InChI=1S/C18H18ClN3O3/c1-3-10(2)21-18(23)15-16(22-25-17(15)20)14-8-7-13(24-14)11-5-4-6-12(19)9-11/h4-10H,3,20H2,1-2H3,(H,21,23). The summed E-state index contributed by atoms with van der Waals surface area (Å²) in [7, 11) is 0. The van der Waals surface area contributed by atoms with Gasteiger partial charge in [0.2, 0.25) is 5.88 Å². The van der Waals surface area contributed by atoms with Gasteiger partial charge in [0.25, 0.3) is 5.91 Å². The zero-order chi connectivity index (χ0) is 18.0. The van der Waals surface area contributed by atoms with Crippen LogP contribution in [0.4, 0.5) is 5.88 Å². The molecule has 2 aromatic heterocycles. The van der Waals surface area contributed by atoms with Crippen LogP contribution in [-0.4, -0.2) is 17.1 Å². The molecule has 7 heteroatoms. The van der Waals surface area contributed by atoms with Crippen LogP contribution in [0.2, 0.25) is 5.02 Å². The van der Waals surface area contributed by atoms with Crippen LogP contribution in [0.1, 0.15) is 30.6 Å². The van der Waals surface area contributed by atoms with Crippen molar-refractivity contribution in [3.8, 4) is 22.8 Å². The van der Waals surface area contributed by atoms with Gasteiger partial charge >= 0.3 is 0 Å². The van der Waals surface area contributed by atoms with Crippen LogP contribution >= 0.6 is 11.6 Å². The Kier molecular flexibility index (Phi) is 4.81. The normalized spacial score (nSPS) is 12.1. The average molecular weight is 360 g/mol. The summed E-state index contributed by atoms with van der Waals surface area (Å²) in [5.74, 6) is 0.609. The van der Waals surface area contributed by atoms with E-state index in [1.807, 2.05) is 26.0 Å². The van der Waals surface area contributed by atoms with Crippen molar-refractivity contribution >= 4 is 23.4 Å². The van der Waals surface area contributed by atoms with E-state index in [-0.39, 0.29) is 29.1 Å². The molecule has 2 heterocycles. The van der Waals surface area contributed by atoms with Gasteiger partial charge in [-0.05, 0) is 37.6 Å². The Balaban J connectivity index is 1.95. The van der Waals surface area contributed by atoms with Gasteiger partial charge in [-0.3, -0.25) is 4.79 Å². The summed E-state index contributed by atoms with van der Waals surface area (Å²) >= 11 is 6.01. The van der Waals surface area contributed by atoms with E-state index in [2.05, 4.69) is 10.5 Å². The first kappa shape index (κ1) is 17.1. The summed E-state index contributed by atoms with van der Waals surface area (Å²) in [5, 5.41) is 7.34. The van der Waals surface area contributed by atoms with Crippen molar-refractivity contribution in [2.24, 2.45) is 0 Å². The van der Waals surface area contributed by atoms with Gasteiger partial charge in [-0.15, -0.1) is 0 Å². The zero-order valence-corrected chi connectivity index (χ0v) is 14.6. The summed E-state index contributed by atoms with van der Waals surface area (Å²) in [4.78, 5) is 12.5. The molecule has 0 fully saturated rings. The molecule has 6 nitrogen and oxygen atoms in total. The van der Waals surface area contributed by atoms with Crippen molar-refractivity contribution in [3.05, 3.63) is 47.0 Å². The number of carbonyl (C=O) groups is 1. The second kappa shape index (κ2) is 7.03. The SMILES string of the molecule is CCC(C)NC(=O)c1c(-c2ccc(-c3cccc(Cl)c3)o2)noc1N. The second-order valence-corrected chi connectivity index (χ2v) is 6.16. The highest BCUT2D eigenvalue weighted by Crippen LogP contribution is 2.32. The largest absolute Gasteiger partial charge is 0.454 e. The van der Waals surface area contributed by atoms with Gasteiger partial charge in [0.1, 0.15) is 11.3 Å². The van der Waals surface area contributed by atoms with Crippen LogP contribution in [0, 0.1) is 0 Å². The summed E-state index contributed by atoms with van der Waals surface area (Å²) in [6, 6.07) is 10.8. The van der Waals surface area contributed by atoms with Crippen molar-refractivity contribution in [3.63, 3.8) is 0 Å². The fourth-order valence-electron chi connectivity index (χ4n) is 2.35. The number of nitrogens with one attached hydrogen (secondary N) is 1. The molecule has 1 amide bonds. The number of furan rings is 1. The van der Waals surface area contributed by atoms with Crippen molar-refractivity contribution < 1.29 is 13.7 Å². The number of hydrogen-bond acceptors (Lipinski definition) is 5. The molecule has 1 atom stereocenters. The lowest BCUT2D eigenvalue weighted by molar-refractivity contribution is 0.0940. The monoisotopic (exact) mass is 359 g/mol. The molecule has 3 rings (SSSR count). The van der Waals surface area contributed by atoms with E-state index in [9.17, 15) is 4.79 Å². The van der Waals surface area contributed by atoms with E-state index in [0.717, 1.165) is 12.0 Å². The molecule has 25 heavy (non-hydrogen) atoms. The zero-order valence-electron chi connectivity index (χ0n) is 13.9. The third-order valence-corrected chi connectivity index (χ3v) is 4.12. The third-order valence-electron chi connectivity index (χ3n) is 3.88. The van der Waals surface area contributed by atoms with Crippen LogP contribution in [0.3, 0.4) is 0 Å². The highest BCUT2D eigenvalue weighted by atomic mass is 35.5. The van der Waals surface area contributed by atoms with Crippen LogP contribution in [0.25, 0.3) is 22.8 Å². The minimum absolute atomic E-state index is 0.00766. The first-order chi connectivity index (χ1) is 12.0. The molecule has 3 aromatic rings. The molecule has 1 unspecified atom stereocenters. The number of amides is 1. The van der Waals surface area contributed by atoms with Gasteiger partial charge in [0.05, 0.1) is 0 Å². The van der Waals surface area contributed by atoms with Crippen LogP contribution < -0.4 is 11.1 Å². The number of halogens is 1. The molecule has 0 saturated carbocycles. The summed E-state index contributed by atoms with van der Waals surface area (Å²) < 4.78 is 10.8. The molecular weight excluding hydrogens is 342 g/mol. The van der Waals surface area contributed by atoms with E-state index in [4.69, 9.17) is 26.3 Å². The highest BCUT2D eigenvalue weighted by Gasteiger charge is 2.25. The predicted octanol–water partition coefficient (Wildman–Crippen LogP) is 4.37. The quantitative estimate of drug-likeness (QED) is 0.705. The Morgan fingerprint density at radius 3 is 2.80 bits per heavy atom. The maximum absolute atomic E-state index is 12.5. The Hall–Kier alpha value is -2.73. The molecule has 0 aliphatic rings. The number of rotatable bonds is 5. The highest BCUT2D eigenvalue weighted by molar-refractivity contribution is 6.30. The van der Waals surface area contributed by atoms with Crippen LogP contribution in [-0.2, 0) is 0 Å². The molecule has 3 N–H and O–H groups in total. The Bertz CT molecular complexity index is 901. The van der Waals surface area contributed by atoms with Crippen molar-refractivity contribution in [2.45, 2.75) is 26.3 Å². The van der Waals surface area contributed by atoms with Crippen molar-refractivity contribution in [2.75, 3.05) is 5.73 Å². The maximum Gasteiger partial charge on any atom is 0.259 e. The summed E-state index contributed by atoms with van der Waals surface area (Å²) in [6.45, 7) is 3.89. The third kappa shape index (κ3) is 3.53. The smallest absolute Gasteiger partial charge is 0.259 e. The summed E-state index contributed by atoms with van der Waals surface area (Å²) in [6.07, 6.45) is 0.798. The van der Waals surface area contributed by atoms with Gasteiger partial charge in [0, 0.05) is 16.6 Å². The minimum atomic E-state index is -0.344. The van der Waals surface area contributed by atoms with Gasteiger partial charge < -0.3 is 20.0 Å². The Labute approximate surface area is 149 Å². The Morgan fingerprint density at radius 2 is 2.08 bits per heavy atom. The van der Waals surface area contributed by atoms with E-state index in [1.165, 1.54) is 0 Å². The number of carbonyl (C=O) groups excluding carboxylic acids is 1. The fourth-order valence-corrected chi connectivity index (χ4v) is 2.54. The van der Waals surface area contributed by atoms with Crippen molar-refractivity contribution in [1.29, 1.82) is 0 Å². The van der Waals surface area contributed by atoms with E-state index >= 15 is 0 Å². The van der Waals surface area contributed by atoms with Gasteiger partial charge in [-0.2, -0.15) is 0 Å². The maximum atomic E-state index is 12.5. The number of hydrogen-bond donors (Lipinski definition) is 2. The number of anilines is 1. The topological polar surface area (TPSA) is 94.3 Å². The molecule has 0 bridgehead atoms. The minimum Gasteiger partial charge on any atom is -0.454 e. The summed E-state index contributed by atoms with van der Waals surface area (Å²) in [5.41, 5.74) is 7.05. The first-order valence-electron chi connectivity index (χ1n) is 7.91. The molecule has 0 saturated heterocycles. The number of benzene rings is 1. The lowest BCUT2D eigenvalue weighted by atomic mass is 10.1. The second-order valence-electron chi connectivity index (χ2n) is 5.73. The average Bonchev–Trinajstić information content (AvgIpc) is 3.21. The molecule has 0 aliphatic heterocycles. The number of nitrogen functional groups attached to an aromatic ring is 1. The number of nitrogens with two attached hydrogens (primary N) is 1. The van der Waals surface area contributed by atoms with E-state index in [1.54, 1.807) is 24.3 Å². The number of nitrogens with zero attached hydrogens (tertiary/aromatic N) is 1. The van der Waals surface area contributed by atoms with Crippen LogP contribution in [0.15, 0.2) is 45.3 Å². The molecule has 0 radical (unpaired) electrons. The number of aromatic nitrogens is 1.